The van der Waals surface area contributed by atoms with Gasteiger partial charge in [0.2, 0.25) is 5.91 Å². The summed E-state index contributed by atoms with van der Waals surface area (Å²) in [5.41, 5.74) is -2.09. The normalized spacial score (nSPS) is 49.5. The number of fused-ring (bicyclic) bond motifs is 5. The van der Waals surface area contributed by atoms with E-state index in [4.69, 9.17) is 0 Å². The molecule has 5 fully saturated rings. The fourth-order valence-corrected chi connectivity index (χ4v) is 9.03. The number of hydrogen-bond donors (Lipinski definition) is 1. The van der Waals surface area contributed by atoms with Crippen LogP contribution in [0.3, 0.4) is 0 Å². The molecule has 0 bridgehead atoms. The third-order valence-corrected chi connectivity index (χ3v) is 10.7. The number of rotatable bonds is 3. The van der Waals surface area contributed by atoms with E-state index in [1.54, 1.807) is 0 Å². The molecular formula is C24H34FNO4S. The number of imide groups is 1. The summed E-state index contributed by atoms with van der Waals surface area (Å²) >= 11 is 0.970. The molecule has 1 unspecified atom stereocenters. The smallest absolute Gasteiger partial charge is 0.289 e. The Morgan fingerprint density at radius 3 is 2.58 bits per heavy atom. The molecule has 2 amide bonds. The summed E-state index contributed by atoms with van der Waals surface area (Å²) in [5.74, 6) is 0.333. The van der Waals surface area contributed by atoms with Crippen LogP contribution in [-0.4, -0.2) is 50.5 Å². The van der Waals surface area contributed by atoms with Crippen molar-refractivity contribution in [1.82, 2.24) is 4.90 Å². The number of alkyl halides is 1. The van der Waals surface area contributed by atoms with Crippen molar-refractivity contribution in [2.75, 3.05) is 12.3 Å². The van der Waals surface area contributed by atoms with Crippen LogP contribution >= 0.6 is 11.8 Å². The van der Waals surface area contributed by atoms with Crippen molar-refractivity contribution in [1.29, 1.82) is 0 Å². The number of nitrogens with zero attached hydrogens (tertiary/aromatic N) is 1. The van der Waals surface area contributed by atoms with Crippen LogP contribution in [0.4, 0.5) is 9.18 Å². The number of ketones is 1. The van der Waals surface area contributed by atoms with Crippen molar-refractivity contribution in [3.05, 3.63) is 0 Å². The second-order valence-electron chi connectivity index (χ2n) is 11.5. The molecule has 1 heterocycles. The predicted molar refractivity (Wildman–Crippen MR) is 116 cm³/mol. The van der Waals surface area contributed by atoms with Crippen LogP contribution in [0.25, 0.3) is 0 Å². The van der Waals surface area contributed by atoms with Crippen LogP contribution in [0.2, 0.25) is 0 Å². The van der Waals surface area contributed by atoms with E-state index in [0.29, 0.717) is 31.1 Å². The van der Waals surface area contributed by atoms with Gasteiger partial charge in [-0.2, -0.15) is 0 Å². The van der Waals surface area contributed by atoms with E-state index in [2.05, 4.69) is 6.92 Å². The lowest BCUT2D eigenvalue weighted by molar-refractivity contribution is -0.166. The second-order valence-corrected chi connectivity index (χ2v) is 12.4. The molecule has 1 saturated heterocycles. The highest BCUT2D eigenvalue weighted by molar-refractivity contribution is 8.14. The van der Waals surface area contributed by atoms with Crippen LogP contribution in [0, 0.1) is 35.0 Å². The topological polar surface area (TPSA) is 74.7 Å². The molecule has 1 aliphatic heterocycles. The molecule has 0 aromatic carbocycles. The van der Waals surface area contributed by atoms with Gasteiger partial charge < -0.3 is 5.11 Å². The third-order valence-electron chi connectivity index (χ3n) is 9.86. The van der Waals surface area contributed by atoms with Crippen molar-refractivity contribution in [2.24, 2.45) is 35.0 Å². The summed E-state index contributed by atoms with van der Waals surface area (Å²) in [6, 6.07) is 0. The lowest BCUT2D eigenvalue weighted by Gasteiger charge is -2.59. The molecule has 8 atom stereocenters. The lowest BCUT2D eigenvalue weighted by Crippen LogP contribution is -2.58. The number of hydrogen-bond acceptors (Lipinski definition) is 5. The number of halogens is 1. The van der Waals surface area contributed by atoms with E-state index in [9.17, 15) is 19.5 Å². The fourth-order valence-electron chi connectivity index (χ4n) is 8.31. The van der Waals surface area contributed by atoms with Crippen molar-refractivity contribution in [2.45, 2.75) is 82.9 Å². The average Bonchev–Trinajstić information content (AvgIpc) is 3.22. The Labute approximate surface area is 187 Å². The average molecular weight is 452 g/mol. The lowest BCUT2D eigenvalue weighted by atomic mass is 9.48. The quantitative estimate of drug-likeness (QED) is 0.690. The van der Waals surface area contributed by atoms with Crippen molar-refractivity contribution >= 4 is 28.7 Å². The Morgan fingerprint density at radius 2 is 1.87 bits per heavy atom. The zero-order valence-electron chi connectivity index (χ0n) is 18.6. The van der Waals surface area contributed by atoms with Gasteiger partial charge in [0.15, 0.2) is 5.78 Å². The molecule has 4 aliphatic carbocycles. The number of carbonyl (C=O) groups is 3. The van der Waals surface area contributed by atoms with Crippen LogP contribution in [0.1, 0.15) is 71.6 Å². The maximum absolute atomic E-state index is 16.4. The number of carbonyl (C=O) groups excluding carboxylic acids is 3. The van der Waals surface area contributed by atoms with Gasteiger partial charge in [0.25, 0.3) is 5.24 Å². The van der Waals surface area contributed by atoms with E-state index < -0.39 is 11.3 Å². The first-order valence-electron chi connectivity index (χ1n) is 12.0. The minimum absolute atomic E-state index is 0.00464. The van der Waals surface area contributed by atoms with Gasteiger partial charge >= 0.3 is 0 Å². The van der Waals surface area contributed by atoms with Gasteiger partial charge in [-0.05, 0) is 93.8 Å². The van der Waals surface area contributed by atoms with Gasteiger partial charge in [0, 0.05) is 5.92 Å². The molecule has 0 spiro atoms. The SMILES string of the molecule is C[C@@]1(O)CC[C@]2(F)C3CC[C@]4(C)[C@@H](C(=O)CN5C(=O)CSC5=O)CC[C@H]4[C@@H]3CC[C@@H]2C1. The summed E-state index contributed by atoms with van der Waals surface area (Å²) in [5, 5.41) is 10.2. The molecule has 5 nitrogen and oxygen atoms in total. The molecule has 172 valence electrons. The maximum Gasteiger partial charge on any atom is 0.289 e. The Hall–Kier alpha value is -0.950. The Balaban J connectivity index is 1.33. The van der Waals surface area contributed by atoms with E-state index in [1.807, 2.05) is 6.92 Å². The van der Waals surface area contributed by atoms with Gasteiger partial charge in [-0.25, -0.2) is 4.39 Å². The molecule has 31 heavy (non-hydrogen) atoms. The third kappa shape index (κ3) is 3.32. The first kappa shape index (κ1) is 21.9. The Morgan fingerprint density at radius 1 is 1.10 bits per heavy atom. The zero-order valence-corrected chi connectivity index (χ0v) is 19.4. The number of Topliss-reactive ketones (excluding diaryl/α,β-unsaturated/α-hetero) is 1. The first-order chi connectivity index (χ1) is 14.6. The Kier molecular flexibility index (Phi) is 5.13. The van der Waals surface area contributed by atoms with Crippen LogP contribution < -0.4 is 0 Å². The summed E-state index contributed by atoms with van der Waals surface area (Å²) < 4.78 is 16.4. The highest BCUT2D eigenvalue weighted by atomic mass is 32.2. The van der Waals surface area contributed by atoms with Crippen molar-refractivity contribution in [3.8, 4) is 0 Å². The van der Waals surface area contributed by atoms with Crippen LogP contribution in [0.5, 0.6) is 0 Å². The van der Waals surface area contributed by atoms with Gasteiger partial charge in [-0.3, -0.25) is 19.3 Å². The summed E-state index contributed by atoms with van der Waals surface area (Å²) in [6.45, 7) is 3.95. The van der Waals surface area contributed by atoms with Crippen molar-refractivity contribution in [3.63, 3.8) is 0 Å². The van der Waals surface area contributed by atoms with Crippen LogP contribution in [-0.2, 0) is 9.59 Å². The molecule has 4 saturated carbocycles. The molecule has 1 N–H and O–H groups in total. The summed E-state index contributed by atoms with van der Waals surface area (Å²) in [4.78, 5) is 38.3. The van der Waals surface area contributed by atoms with E-state index in [-0.39, 0.29) is 52.4 Å². The summed E-state index contributed by atoms with van der Waals surface area (Å²) in [6.07, 6.45) is 6.70. The molecule has 0 aromatic rings. The second kappa shape index (κ2) is 7.28. The molecule has 5 aliphatic rings. The number of amides is 2. The van der Waals surface area contributed by atoms with Crippen LogP contribution in [0.15, 0.2) is 0 Å². The maximum atomic E-state index is 16.4. The van der Waals surface area contributed by atoms with Gasteiger partial charge in [-0.15, -0.1) is 0 Å². The fraction of sp³-hybridized carbons (Fsp3) is 0.875. The summed E-state index contributed by atoms with van der Waals surface area (Å²) in [7, 11) is 0. The minimum atomic E-state index is -1.18. The molecule has 0 aromatic heterocycles. The highest BCUT2D eigenvalue weighted by Gasteiger charge is 2.63. The highest BCUT2D eigenvalue weighted by Crippen LogP contribution is 2.66. The van der Waals surface area contributed by atoms with Gasteiger partial charge in [0.1, 0.15) is 5.67 Å². The molecule has 7 heteroatoms. The molecule has 5 rings (SSSR count). The minimum Gasteiger partial charge on any atom is -0.390 e. The van der Waals surface area contributed by atoms with Gasteiger partial charge in [0.05, 0.1) is 17.9 Å². The van der Waals surface area contributed by atoms with Gasteiger partial charge in [-0.1, -0.05) is 18.7 Å². The number of thioether (sulfide) groups is 1. The number of aliphatic hydroxyl groups is 1. The molecular weight excluding hydrogens is 417 g/mol. The predicted octanol–water partition coefficient (Wildman–Crippen LogP) is 4.36. The Bertz CT molecular complexity index is 801. The van der Waals surface area contributed by atoms with E-state index >= 15 is 4.39 Å². The zero-order chi connectivity index (χ0) is 22.2. The monoisotopic (exact) mass is 451 g/mol. The van der Waals surface area contributed by atoms with E-state index in [1.165, 1.54) is 0 Å². The molecule has 0 radical (unpaired) electrons. The standard InChI is InChI=1S/C24H34FNO4S/c1-22(30)9-10-24(25)14(11-22)3-4-15-16-5-6-18(23(16,2)8-7-17(15)24)19(27)12-26-20(28)13-31-21(26)29/h14-18,30H,3-13H2,1-2H3/t14-,15+,16+,17?,18-,22-,23+,24-/m1/s1. The first-order valence-corrected chi connectivity index (χ1v) is 12.9. The van der Waals surface area contributed by atoms with Crippen molar-refractivity contribution < 1.29 is 23.9 Å². The largest absolute Gasteiger partial charge is 0.390 e. The van der Waals surface area contributed by atoms with E-state index in [0.717, 1.165) is 55.2 Å².